The molecule has 2 fully saturated rings. The summed E-state index contributed by atoms with van der Waals surface area (Å²) in [6.45, 7) is 1.57. The molecule has 3 rings (SSSR count). The predicted octanol–water partition coefficient (Wildman–Crippen LogP) is 1.40. The number of aliphatic hydroxyl groups is 1. The lowest BCUT2D eigenvalue weighted by Crippen LogP contribution is -2.56. The molecule has 2 aliphatic rings. The molecule has 1 unspecified atom stereocenters. The van der Waals surface area contributed by atoms with Crippen molar-refractivity contribution in [2.75, 3.05) is 32.1 Å². The first-order valence-electron chi connectivity index (χ1n) is 8.50. The molecule has 0 aliphatic carbocycles. The maximum absolute atomic E-state index is 12.5. The van der Waals surface area contributed by atoms with Crippen LogP contribution in [0.4, 0.5) is 0 Å². The minimum Gasteiger partial charge on any atom is -0.492 e. The number of ether oxygens (including phenoxy) is 2. The summed E-state index contributed by atoms with van der Waals surface area (Å²) in [6, 6.07) is 9.19. The summed E-state index contributed by atoms with van der Waals surface area (Å²) in [5.41, 5.74) is -0.551. The van der Waals surface area contributed by atoms with Gasteiger partial charge in [0.1, 0.15) is 12.4 Å². The fraction of sp³-hybridized carbons (Fsp3) is 0.647. The molecule has 2 saturated heterocycles. The van der Waals surface area contributed by atoms with Crippen LogP contribution in [0.5, 0.6) is 5.75 Å². The third kappa shape index (κ3) is 3.91. The Hall–Kier alpha value is -1.15. The van der Waals surface area contributed by atoms with Crippen LogP contribution >= 0.6 is 0 Å². The van der Waals surface area contributed by atoms with Crippen molar-refractivity contribution in [3.63, 3.8) is 0 Å². The Morgan fingerprint density at radius 3 is 2.62 bits per heavy atom. The molecule has 0 bridgehead atoms. The molecule has 0 amide bonds. The SMILES string of the molecule is O=S(=O)(CCOc1ccccc1)N1CCC2(CC1)OCCCC2O. The van der Waals surface area contributed by atoms with Crippen molar-refractivity contribution >= 4 is 10.0 Å². The normalized spacial score (nSPS) is 24.8. The topological polar surface area (TPSA) is 76.1 Å². The fourth-order valence-corrected chi connectivity index (χ4v) is 4.73. The van der Waals surface area contributed by atoms with Gasteiger partial charge in [-0.25, -0.2) is 12.7 Å². The smallest absolute Gasteiger partial charge is 0.217 e. The molecule has 134 valence electrons. The van der Waals surface area contributed by atoms with Gasteiger partial charge in [-0.05, 0) is 37.8 Å². The Morgan fingerprint density at radius 2 is 1.96 bits per heavy atom. The molecule has 2 heterocycles. The lowest BCUT2D eigenvalue weighted by molar-refractivity contribution is -0.172. The van der Waals surface area contributed by atoms with Gasteiger partial charge in [0.05, 0.1) is 17.5 Å². The number of hydrogen-bond donors (Lipinski definition) is 1. The lowest BCUT2D eigenvalue weighted by atomic mass is 9.82. The van der Waals surface area contributed by atoms with Crippen molar-refractivity contribution in [2.24, 2.45) is 0 Å². The zero-order valence-electron chi connectivity index (χ0n) is 13.8. The van der Waals surface area contributed by atoms with Crippen LogP contribution in [0.1, 0.15) is 25.7 Å². The van der Waals surface area contributed by atoms with Gasteiger partial charge >= 0.3 is 0 Å². The molecular formula is C17H25NO5S. The summed E-state index contributed by atoms with van der Waals surface area (Å²) in [5, 5.41) is 10.2. The molecule has 0 aromatic heterocycles. The zero-order valence-corrected chi connectivity index (χ0v) is 14.6. The van der Waals surface area contributed by atoms with Crippen LogP contribution in [-0.4, -0.2) is 61.6 Å². The molecule has 1 spiro atoms. The van der Waals surface area contributed by atoms with Crippen molar-refractivity contribution in [2.45, 2.75) is 37.4 Å². The van der Waals surface area contributed by atoms with E-state index in [2.05, 4.69) is 0 Å². The summed E-state index contributed by atoms with van der Waals surface area (Å²) in [6.07, 6.45) is 2.21. The Bertz CT molecular complexity index is 626. The molecule has 1 aromatic rings. The van der Waals surface area contributed by atoms with Crippen molar-refractivity contribution < 1.29 is 23.0 Å². The van der Waals surface area contributed by atoms with Crippen molar-refractivity contribution in [1.82, 2.24) is 4.31 Å². The monoisotopic (exact) mass is 355 g/mol. The Kier molecular flexibility index (Phi) is 5.44. The fourth-order valence-electron chi connectivity index (χ4n) is 3.44. The second-order valence-corrected chi connectivity index (χ2v) is 8.54. The first-order chi connectivity index (χ1) is 11.5. The van der Waals surface area contributed by atoms with Gasteiger partial charge < -0.3 is 14.6 Å². The van der Waals surface area contributed by atoms with Crippen LogP contribution in [-0.2, 0) is 14.8 Å². The maximum Gasteiger partial charge on any atom is 0.217 e. The number of aliphatic hydroxyl groups excluding tert-OH is 1. The Morgan fingerprint density at radius 1 is 1.25 bits per heavy atom. The average Bonchev–Trinajstić information content (AvgIpc) is 2.59. The molecule has 0 saturated carbocycles. The zero-order chi connectivity index (χ0) is 17.0. The summed E-state index contributed by atoms with van der Waals surface area (Å²) in [4.78, 5) is 0. The van der Waals surface area contributed by atoms with Crippen LogP contribution < -0.4 is 4.74 Å². The van der Waals surface area contributed by atoms with Gasteiger partial charge in [0.15, 0.2) is 0 Å². The molecule has 1 atom stereocenters. The first kappa shape index (κ1) is 17.7. The van der Waals surface area contributed by atoms with Gasteiger partial charge in [-0.2, -0.15) is 0 Å². The van der Waals surface area contributed by atoms with Crippen molar-refractivity contribution in [3.05, 3.63) is 30.3 Å². The largest absolute Gasteiger partial charge is 0.492 e. The summed E-state index contributed by atoms with van der Waals surface area (Å²) < 4.78 is 37.8. The molecule has 24 heavy (non-hydrogen) atoms. The number of benzene rings is 1. The van der Waals surface area contributed by atoms with E-state index in [0.717, 1.165) is 12.8 Å². The quantitative estimate of drug-likeness (QED) is 0.864. The van der Waals surface area contributed by atoms with Crippen LogP contribution in [0.15, 0.2) is 30.3 Å². The van der Waals surface area contributed by atoms with Gasteiger partial charge in [-0.1, -0.05) is 18.2 Å². The number of hydrogen-bond acceptors (Lipinski definition) is 5. The lowest BCUT2D eigenvalue weighted by Gasteiger charge is -2.46. The number of piperidine rings is 1. The standard InChI is InChI=1S/C17H25NO5S/c19-16-7-4-12-23-17(16)8-10-18(11-9-17)24(20,21)14-13-22-15-5-2-1-3-6-15/h1-3,5-6,16,19H,4,7-14H2. The van der Waals surface area contributed by atoms with Crippen LogP contribution in [0.2, 0.25) is 0 Å². The first-order valence-corrected chi connectivity index (χ1v) is 10.1. The van der Waals surface area contributed by atoms with E-state index in [1.165, 1.54) is 4.31 Å². The highest BCUT2D eigenvalue weighted by atomic mass is 32.2. The predicted molar refractivity (Wildman–Crippen MR) is 90.5 cm³/mol. The molecule has 6 nitrogen and oxygen atoms in total. The van der Waals surface area contributed by atoms with Gasteiger partial charge in [0.2, 0.25) is 10.0 Å². The maximum atomic E-state index is 12.5. The highest BCUT2D eigenvalue weighted by Gasteiger charge is 2.45. The highest BCUT2D eigenvalue weighted by Crippen LogP contribution is 2.35. The summed E-state index contributed by atoms with van der Waals surface area (Å²) >= 11 is 0. The van der Waals surface area contributed by atoms with E-state index in [-0.39, 0.29) is 12.4 Å². The third-order valence-electron chi connectivity index (χ3n) is 4.93. The van der Waals surface area contributed by atoms with Gasteiger partial charge in [-0.15, -0.1) is 0 Å². The number of nitrogens with zero attached hydrogens (tertiary/aromatic N) is 1. The number of para-hydroxylation sites is 1. The Labute approximate surface area is 143 Å². The third-order valence-corrected chi connectivity index (χ3v) is 6.77. The van der Waals surface area contributed by atoms with Gasteiger partial charge in [0, 0.05) is 19.7 Å². The van der Waals surface area contributed by atoms with E-state index in [4.69, 9.17) is 9.47 Å². The number of rotatable bonds is 5. The van der Waals surface area contributed by atoms with Crippen LogP contribution in [0.3, 0.4) is 0 Å². The molecule has 0 radical (unpaired) electrons. The minimum absolute atomic E-state index is 0.0433. The number of sulfonamides is 1. The van der Waals surface area contributed by atoms with E-state index in [1.54, 1.807) is 12.1 Å². The van der Waals surface area contributed by atoms with Gasteiger partial charge in [0.25, 0.3) is 0 Å². The van der Waals surface area contributed by atoms with Crippen molar-refractivity contribution in [1.29, 1.82) is 0 Å². The molecule has 2 aliphatic heterocycles. The second-order valence-electron chi connectivity index (χ2n) is 6.45. The molecule has 1 N–H and O–H groups in total. The summed E-state index contributed by atoms with van der Waals surface area (Å²) in [7, 11) is -3.36. The van der Waals surface area contributed by atoms with Crippen LogP contribution in [0, 0.1) is 0 Å². The van der Waals surface area contributed by atoms with Crippen LogP contribution in [0.25, 0.3) is 0 Å². The molecule has 7 heteroatoms. The van der Waals surface area contributed by atoms with E-state index in [0.29, 0.717) is 38.3 Å². The van der Waals surface area contributed by atoms with Gasteiger partial charge in [-0.3, -0.25) is 0 Å². The Balaban J connectivity index is 1.51. The molecular weight excluding hydrogens is 330 g/mol. The molecule has 1 aromatic carbocycles. The van der Waals surface area contributed by atoms with E-state index < -0.39 is 21.7 Å². The van der Waals surface area contributed by atoms with Crippen molar-refractivity contribution in [3.8, 4) is 5.75 Å². The highest BCUT2D eigenvalue weighted by molar-refractivity contribution is 7.89. The second kappa shape index (κ2) is 7.39. The van der Waals surface area contributed by atoms with E-state index in [9.17, 15) is 13.5 Å². The average molecular weight is 355 g/mol. The van der Waals surface area contributed by atoms with E-state index in [1.807, 2.05) is 18.2 Å². The van der Waals surface area contributed by atoms with E-state index >= 15 is 0 Å². The minimum atomic E-state index is -3.36. The summed E-state index contributed by atoms with van der Waals surface area (Å²) in [5.74, 6) is 0.627.